The van der Waals surface area contributed by atoms with Gasteiger partial charge in [0.25, 0.3) is 0 Å². The monoisotopic (exact) mass is 546 g/mol. The van der Waals surface area contributed by atoms with Gasteiger partial charge < -0.3 is 13.9 Å². The van der Waals surface area contributed by atoms with E-state index in [0.717, 1.165) is 10.9 Å². The molecule has 1 amide bonds. The molecule has 0 aliphatic heterocycles. The molecule has 0 aliphatic carbocycles. The summed E-state index contributed by atoms with van der Waals surface area (Å²) >= 11 is 15.5. The van der Waals surface area contributed by atoms with Crippen LogP contribution in [-0.4, -0.2) is 19.2 Å². The third kappa shape index (κ3) is 5.50. The quantitative estimate of drug-likeness (QED) is 0.203. The van der Waals surface area contributed by atoms with Crippen LogP contribution in [0.1, 0.15) is 21.7 Å². The van der Waals surface area contributed by atoms with Crippen molar-refractivity contribution in [1.29, 1.82) is 0 Å². The van der Waals surface area contributed by atoms with Crippen molar-refractivity contribution in [3.8, 4) is 11.5 Å². The maximum Gasteiger partial charge on any atom is 0.307 e. The average molecular weight is 548 g/mol. The summed E-state index contributed by atoms with van der Waals surface area (Å²) in [4.78, 5) is 12.3. The van der Waals surface area contributed by atoms with Gasteiger partial charge in [-0.25, -0.2) is 5.43 Å². The van der Waals surface area contributed by atoms with Gasteiger partial charge in [0.15, 0.2) is 17.3 Å². The molecule has 0 radical (unpaired) electrons. The predicted octanol–water partition coefficient (Wildman–Crippen LogP) is 6.85. The van der Waals surface area contributed by atoms with Crippen LogP contribution in [0.5, 0.6) is 11.5 Å². The number of methoxy groups -OCH3 is 1. The van der Waals surface area contributed by atoms with Gasteiger partial charge >= 0.3 is 5.91 Å². The number of amides is 1. The number of ether oxygens (including phenoxy) is 2. The van der Waals surface area contributed by atoms with E-state index in [0.29, 0.717) is 37.2 Å². The van der Waals surface area contributed by atoms with Crippen molar-refractivity contribution in [3.05, 3.63) is 92.1 Å². The summed E-state index contributed by atoms with van der Waals surface area (Å²) in [6.07, 6.45) is 1.50. The Kier molecular flexibility index (Phi) is 7.23. The molecule has 3 aromatic carbocycles. The number of nitrogens with one attached hydrogen (secondary N) is 1. The van der Waals surface area contributed by atoms with Crippen LogP contribution in [0.25, 0.3) is 11.0 Å². The van der Waals surface area contributed by atoms with Crippen molar-refractivity contribution in [3.63, 3.8) is 0 Å². The second-order valence-electron chi connectivity index (χ2n) is 6.91. The average Bonchev–Trinajstić information content (AvgIpc) is 3.25. The van der Waals surface area contributed by atoms with Crippen molar-refractivity contribution in [2.45, 2.75) is 6.61 Å². The fraction of sp³-hybridized carbons (Fsp3) is 0.0833. The van der Waals surface area contributed by atoms with Crippen LogP contribution in [0, 0.1) is 0 Å². The summed E-state index contributed by atoms with van der Waals surface area (Å²) in [5.74, 6) is 0.755. The number of carbonyl (C=O) groups excluding carboxylic acids is 1. The predicted molar refractivity (Wildman–Crippen MR) is 133 cm³/mol. The summed E-state index contributed by atoms with van der Waals surface area (Å²) in [7, 11) is 1.54. The second kappa shape index (κ2) is 10.3. The number of carbonyl (C=O) groups is 1. The van der Waals surface area contributed by atoms with E-state index >= 15 is 0 Å². The Morgan fingerprint density at radius 1 is 1.09 bits per heavy atom. The van der Waals surface area contributed by atoms with E-state index in [1.54, 1.807) is 43.5 Å². The zero-order valence-corrected chi connectivity index (χ0v) is 20.4. The number of benzene rings is 3. The number of fused-ring (bicyclic) bond motifs is 1. The molecule has 0 aliphatic rings. The number of nitrogens with zero attached hydrogens (tertiary/aromatic N) is 1. The Morgan fingerprint density at radius 3 is 2.67 bits per heavy atom. The van der Waals surface area contributed by atoms with E-state index in [9.17, 15) is 4.79 Å². The molecule has 0 unspecified atom stereocenters. The number of furan rings is 1. The number of hydrogen-bond acceptors (Lipinski definition) is 5. The third-order valence-corrected chi connectivity index (χ3v) is 6.11. The van der Waals surface area contributed by atoms with E-state index in [-0.39, 0.29) is 12.4 Å². The van der Waals surface area contributed by atoms with Crippen molar-refractivity contribution in [2.75, 3.05) is 7.11 Å². The third-order valence-electron chi connectivity index (χ3n) is 4.68. The number of rotatable bonds is 7. The first-order valence-electron chi connectivity index (χ1n) is 9.71. The second-order valence-corrected chi connectivity index (χ2v) is 8.58. The summed E-state index contributed by atoms with van der Waals surface area (Å²) in [5, 5.41) is 5.81. The molecule has 6 nitrogen and oxygen atoms in total. The van der Waals surface area contributed by atoms with Crippen LogP contribution in [-0.2, 0) is 6.61 Å². The lowest BCUT2D eigenvalue weighted by Crippen LogP contribution is -2.16. The largest absolute Gasteiger partial charge is 0.493 e. The molecule has 33 heavy (non-hydrogen) atoms. The Hall–Kier alpha value is -3.00. The fourth-order valence-electron chi connectivity index (χ4n) is 3.02. The van der Waals surface area contributed by atoms with Crippen LogP contribution in [0.15, 0.2) is 74.7 Å². The standard InChI is InChI=1S/C24H17BrCl2N2O4/c1-31-21-10-16(12-28-29-24(30)23-9-15-4-2-3-5-20(15)33-23)17(25)11-22(21)32-13-14-6-7-18(26)19(27)8-14/h2-12H,13H2,1H3,(H,29,30)/b28-12+. The van der Waals surface area contributed by atoms with Crippen LogP contribution in [0.4, 0.5) is 0 Å². The minimum Gasteiger partial charge on any atom is -0.493 e. The normalized spacial score (nSPS) is 11.2. The molecule has 4 rings (SSSR count). The zero-order valence-electron chi connectivity index (χ0n) is 17.3. The van der Waals surface area contributed by atoms with Crippen molar-refractivity contribution in [1.82, 2.24) is 5.43 Å². The van der Waals surface area contributed by atoms with Crippen molar-refractivity contribution < 1.29 is 18.7 Å². The molecule has 1 aromatic heterocycles. The summed E-state index contributed by atoms with van der Waals surface area (Å²) in [5.41, 5.74) is 4.64. The number of halogens is 3. The molecular weight excluding hydrogens is 531 g/mol. The Balaban J connectivity index is 1.44. The highest BCUT2D eigenvalue weighted by Crippen LogP contribution is 2.34. The van der Waals surface area contributed by atoms with E-state index in [2.05, 4.69) is 26.5 Å². The molecule has 0 saturated heterocycles. The minimum atomic E-state index is -0.452. The van der Waals surface area contributed by atoms with E-state index in [1.807, 2.05) is 24.3 Å². The highest BCUT2D eigenvalue weighted by Gasteiger charge is 2.13. The van der Waals surface area contributed by atoms with E-state index in [4.69, 9.17) is 37.1 Å². The topological polar surface area (TPSA) is 73.1 Å². The summed E-state index contributed by atoms with van der Waals surface area (Å²) in [6, 6.07) is 17.9. The van der Waals surface area contributed by atoms with Gasteiger partial charge in [0.2, 0.25) is 0 Å². The fourth-order valence-corrected chi connectivity index (χ4v) is 3.77. The van der Waals surface area contributed by atoms with Gasteiger partial charge in [0, 0.05) is 15.4 Å². The molecule has 0 bridgehead atoms. The zero-order chi connectivity index (χ0) is 23.4. The van der Waals surface area contributed by atoms with Crippen molar-refractivity contribution >= 4 is 62.2 Å². The van der Waals surface area contributed by atoms with Crippen LogP contribution < -0.4 is 14.9 Å². The molecule has 0 saturated carbocycles. The molecule has 0 atom stereocenters. The maximum absolute atomic E-state index is 12.3. The first-order chi connectivity index (χ1) is 15.9. The molecular formula is C24H17BrCl2N2O4. The van der Waals surface area contributed by atoms with Crippen molar-refractivity contribution in [2.24, 2.45) is 5.10 Å². The lowest BCUT2D eigenvalue weighted by atomic mass is 10.2. The van der Waals surface area contributed by atoms with Gasteiger partial charge in [0.1, 0.15) is 12.2 Å². The molecule has 0 fully saturated rings. The van der Waals surface area contributed by atoms with Gasteiger partial charge in [0.05, 0.1) is 23.4 Å². The number of hydrazone groups is 1. The minimum absolute atomic E-state index is 0.177. The van der Waals surface area contributed by atoms with E-state index in [1.165, 1.54) is 6.21 Å². The Labute approximate surface area is 208 Å². The first kappa shape index (κ1) is 23.2. The van der Waals surface area contributed by atoms with E-state index < -0.39 is 5.91 Å². The number of hydrogen-bond donors (Lipinski definition) is 1. The number of para-hydroxylation sites is 1. The molecule has 168 valence electrons. The molecule has 4 aromatic rings. The van der Waals surface area contributed by atoms with Gasteiger partial charge in [-0.2, -0.15) is 5.10 Å². The lowest BCUT2D eigenvalue weighted by Gasteiger charge is -2.13. The maximum atomic E-state index is 12.3. The molecule has 9 heteroatoms. The highest BCUT2D eigenvalue weighted by molar-refractivity contribution is 9.10. The van der Waals surface area contributed by atoms with Crippen LogP contribution in [0.3, 0.4) is 0 Å². The smallest absolute Gasteiger partial charge is 0.307 e. The molecule has 0 spiro atoms. The van der Waals surface area contributed by atoms with Gasteiger partial charge in [-0.1, -0.05) is 47.5 Å². The highest BCUT2D eigenvalue weighted by atomic mass is 79.9. The van der Waals surface area contributed by atoms with Gasteiger partial charge in [-0.15, -0.1) is 0 Å². The Bertz CT molecular complexity index is 1320. The SMILES string of the molecule is COc1cc(/C=N/NC(=O)c2cc3ccccc3o2)c(Br)cc1OCc1ccc(Cl)c(Cl)c1. The summed E-state index contributed by atoms with van der Waals surface area (Å²) < 4.78 is 17.6. The summed E-state index contributed by atoms with van der Waals surface area (Å²) in [6.45, 7) is 0.278. The van der Waals surface area contributed by atoms with Crippen LogP contribution >= 0.6 is 39.1 Å². The Morgan fingerprint density at radius 2 is 1.91 bits per heavy atom. The molecule has 1 N–H and O–H groups in total. The first-order valence-corrected chi connectivity index (χ1v) is 11.3. The van der Waals surface area contributed by atoms with Gasteiger partial charge in [-0.05, 0) is 57.9 Å². The molecule has 1 heterocycles. The lowest BCUT2D eigenvalue weighted by molar-refractivity contribution is 0.0929. The van der Waals surface area contributed by atoms with Gasteiger partial charge in [-0.3, -0.25) is 4.79 Å². The van der Waals surface area contributed by atoms with Crippen LogP contribution in [0.2, 0.25) is 10.0 Å².